The van der Waals surface area contributed by atoms with Crippen LogP contribution in [0.4, 0.5) is 5.69 Å². The highest BCUT2D eigenvalue weighted by Crippen LogP contribution is 2.11. The Morgan fingerprint density at radius 1 is 1.35 bits per heavy atom. The van der Waals surface area contributed by atoms with Gasteiger partial charge in [-0.25, -0.2) is 4.79 Å². The van der Waals surface area contributed by atoms with Crippen LogP contribution in [0.3, 0.4) is 0 Å². The Labute approximate surface area is 118 Å². The smallest absolute Gasteiger partial charge is 0.328 e. The molecule has 1 aromatic carbocycles. The molecule has 1 amide bonds. The SMILES string of the molecule is CC(N)CCCC(=O)Nc1ccc(/C=C/C(=O)O)cc1. The minimum Gasteiger partial charge on any atom is -0.478 e. The zero-order valence-electron chi connectivity index (χ0n) is 11.5. The van der Waals surface area contributed by atoms with E-state index in [2.05, 4.69) is 5.32 Å². The quantitative estimate of drug-likeness (QED) is 0.666. The van der Waals surface area contributed by atoms with Gasteiger partial charge in [-0.15, -0.1) is 0 Å². The Kier molecular flexibility index (Phi) is 6.46. The summed E-state index contributed by atoms with van der Waals surface area (Å²) in [6.07, 6.45) is 4.61. The number of aliphatic carboxylic acids is 1. The van der Waals surface area contributed by atoms with E-state index in [1.807, 2.05) is 6.92 Å². The third kappa shape index (κ3) is 6.70. The van der Waals surface area contributed by atoms with Crippen molar-refractivity contribution in [2.45, 2.75) is 32.2 Å². The molecule has 4 N–H and O–H groups in total. The van der Waals surface area contributed by atoms with Gasteiger partial charge < -0.3 is 16.2 Å². The second-order valence-electron chi connectivity index (χ2n) is 4.71. The molecule has 5 heteroatoms. The number of hydrogen-bond acceptors (Lipinski definition) is 3. The molecule has 0 spiro atoms. The topological polar surface area (TPSA) is 92.4 Å². The fraction of sp³-hybridized carbons (Fsp3) is 0.333. The lowest BCUT2D eigenvalue weighted by molar-refractivity contribution is -0.131. The van der Waals surface area contributed by atoms with E-state index in [1.54, 1.807) is 24.3 Å². The maximum absolute atomic E-state index is 11.7. The largest absolute Gasteiger partial charge is 0.478 e. The zero-order valence-corrected chi connectivity index (χ0v) is 11.5. The predicted molar refractivity (Wildman–Crippen MR) is 79.2 cm³/mol. The summed E-state index contributed by atoms with van der Waals surface area (Å²) in [5.41, 5.74) is 7.08. The first kappa shape index (κ1) is 15.9. The number of carbonyl (C=O) groups excluding carboxylic acids is 1. The molecular formula is C15H20N2O3. The number of anilines is 1. The number of carboxylic acids is 1. The highest BCUT2D eigenvalue weighted by molar-refractivity contribution is 5.91. The number of hydrogen-bond donors (Lipinski definition) is 3. The van der Waals surface area contributed by atoms with E-state index in [1.165, 1.54) is 6.08 Å². The van der Waals surface area contributed by atoms with Crippen LogP contribution in [0.15, 0.2) is 30.3 Å². The Balaban J connectivity index is 2.44. The summed E-state index contributed by atoms with van der Waals surface area (Å²) in [7, 11) is 0. The van der Waals surface area contributed by atoms with Crippen molar-refractivity contribution in [3.63, 3.8) is 0 Å². The van der Waals surface area contributed by atoms with E-state index in [9.17, 15) is 9.59 Å². The van der Waals surface area contributed by atoms with Gasteiger partial charge in [0, 0.05) is 24.2 Å². The van der Waals surface area contributed by atoms with E-state index in [4.69, 9.17) is 10.8 Å². The average Bonchev–Trinajstić information content (AvgIpc) is 2.37. The van der Waals surface area contributed by atoms with Crippen LogP contribution in [0.5, 0.6) is 0 Å². The van der Waals surface area contributed by atoms with Gasteiger partial charge in [-0.1, -0.05) is 12.1 Å². The molecule has 0 fully saturated rings. The molecule has 108 valence electrons. The van der Waals surface area contributed by atoms with Crippen molar-refractivity contribution in [3.05, 3.63) is 35.9 Å². The number of carbonyl (C=O) groups is 2. The minimum atomic E-state index is -0.989. The maximum Gasteiger partial charge on any atom is 0.328 e. The molecule has 20 heavy (non-hydrogen) atoms. The number of benzene rings is 1. The lowest BCUT2D eigenvalue weighted by Gasteiger charge is -2.07. The van der Waals surface area contributed by atoms with Gasteiger partial charge in [0.1, 0.15) is 0 Å². The van der Waals surface area contributed by atoms with Crippen molar-refractivity contribution in [1.29, 1.82) is 0 Å². The summed E-state index contributed by atoms with van der Waals surface area (Å²) >= 11 is 0. The lowest BCUT2D eigenvalue weighted by atomic mass is 10.1. The van der Waals surface area contributed by atoms with E-state index in [0.29, 0.717) is 12.1 Å². The number of nitrogens with one attached hydrogen (secondary N) is 1. The number of carboxylic acid groups (broad SMARTS) is 1. The summed E-state index contributed by atoms with van der Waals surface area (Å²) in [5, 5.41) is 11.3. The highest BCUT2D eigenvalue weighted by Gasteiger charge is 2.03. The Hall–Kier alpha value is -2.14. The molecule has 1 unspecified atom stereocenters. The standard InChI is InChI=1S/C15H20N2O3/c1-11(16)3-2-4-14(18)17-13-8-5-12(6-9-13)7-10-15(19)20/h5-11H,2-4,16H2,1H3,(H,17,18)(H,19,20)/b10-7+. The van der Waals surface area contributed by atoms with Crippen LogP contribution in [-0.4, -0.2) is 23.0 Å². The molecule has 1 aromatic rings. The molecular weight excluding hydrogens is 256 g/mol. The van der Waals surface area contributed by atoms with Gasteiger partial charge in [0.25, 0.3) is 0 Å². The van der Waals surface area contributed by atoms with Crippen LogP contribution >= 0.6 is 0 Å². The minimum absolute atomic E-state index is 0.0421. The van der Waals surface area contributed by atoms with Gasteiger partial charge in [0.2, 0.25) is 5.91 Å². The predicted octanol–water partition coefficient (Wildman–Crippen LogP) is 2.24. The van der Waals surface area contributed by atoms with Crippen LogP contribution in [0.25, 0.3) is 6.08 Å². The van der Waals surface area contributed by atoms with Crippen molar-refractivity contribution in [1.82, 2.24) is 0 Å². The van der Waals surface area contributed by atoms with Crippen molar-refractivity contribution in [2.75, 3.05) is 5.32 Å². The zero-order chi connectivity index (χ0) is 15.0. The van der Waals surface area contributed by atoms with Gasteiger partial charge in [-0.2, -0.15) is 0 Å². The summed E-state index contributed by atoms with van der Waals surface area (Å²) in [5.74, 6) is -1.03. The molecule has 0 aliphatic heterocycles. The second-order valence-corrected chi connectivity index (χ2v) is 4.71. The van der Waals surface area contributed by atoms with E-state index >= 15 is 0 Å². The Bertz CT molecular complexity index is 478. The van der Waals surface area contributed by atoms with Crippen LogP contribution in [-0.2, 0) is 9.59 Å². The van der Waals surface area contributed by atoms with E-state index in [0.717, 1.165) is 24.5 Å². The third-order valence-electron chi connectivity index (χ3n) is 2.68. The molecule has 1 rings (SSSR count). The fourth-order valence-electron chi connectivity index (χ4n) is 1.65. The summed E-state index contributed by atoms with van der Waals surface area (Å²) < 4.78 is 0. The van der Waals surface area contributed by atoms with Crippen molar-refractivity contribution in [3.8, 4) is 0 Å². The molecule has 0 radical (unpaired) electrons. The summed E-state index contributed by atoms with van der Waals surface area (Å²) in [6.45, 7) is 1.92. The molecule has 0 bridgehead atoms. The van der Waals surface area contributed by atoms with Crippen LogP contribution < -0.4 is 11.1 Å². The first-order valence-corrected chi connectivity index (χ1v) is 6.54. The van der Waals surface area contributed by atoms with Crippen LogP contribution in [0.1, 0.15) is 31.7 Å². The van der Waals surface area contributed by atoms with Crippen molar-refractivity contribution < 1.29 is 14.7 Å². The van der Waals surface area contributed by atoms with Crippen molar-refractivity contribution >= 4 is 23.6 Å². The van der Waals surface area contributed by atoms with Gasteiger partial charge in [0.15, 0.2) is 0 Å². The van der Waals surface area contributed by atoms with Crippen LogP contribution in [0.2, 0.25) is 0 Å². The average molecular weight is 276 g/mol. The number of nitrogens with two attached hydrogens (primary N) is 1. The molecule has 5 nitrogen and oxygen atoms in total. The Morgan fingerprint density at radius 2 is 2.00 bits per heavy atom. The van der Waals surface area contributed by atoms with E-state index < -0.39 is 5.97 Å². The van der Waals surface area contributed by atoms with Gasteiger partial charge in [-0.3, -0.25) is 4.79 Å². The molecule has 0 aliphatic rings. The third-order valence-corrected chi connectivity index (χ3v) is 2.68. The van der Waals surface area contributed by atoms with E-state index in [-0.39, 0.29) is 11.9 Å². The molecule has 0 heterocycles. The van der Waals surface area contributed by atoms with Gasteiger partial charge in [0.05, 0.1) is 0 Å². The highest BCUT2D eigenvalue weighted by atomic mass is 16.4. The molecule has 0 aliphatic carbocycles. The number of amides is 1. The van der Waals surface area contributed by atoms with Crippen LogP contribution in [0, 0.1) is 0 Å². The molecule has 0 saturated carbocycles. The first-order valence-electron chi connectivity index (χ1n) is 6.54. The molecule has 0 saturated heterocycles. The second kappa shape index (κ2) is 8.12. The van der Waals surface area contributed by atoms with Gasteiger partial charge in [-0.05, 0) is 43.5 Å². The fourth-order valence-corrected chi connectivity index (χ4v) is 1.65. The van der Waals surface area contributed by atoms with Gasteiger partial charge >= 0.3 is 5.97 Å². The normalized spacial score (nSPS) is 12.3. The molecule has 0 aromatic heterocycles. The first-order chi connectivity index (χ1) is 9.47. The molecule has 1 atom stereocenters. The maximum atomic E-state index is 11.7. The summed E-state index contributed by atoms with van der Waals surface area (Å²) in [4.78, 5) is 22.0. The monoisotopic (exact) mass is 276 g/mol. The van der Waals surface area contributed by atoms with Crippen molar-refractivity contribution in [2.24, 2.45) is 5.73 Å². The lowest BCUT2D eigenvalue weighted by Crippen LogP contribution is -2.16. The Morgan fingerprint density at radius 3 is 2.55 bits per heavy atom. The summed E-state index contributed by atoms with van der Waals surface area (Å²) in [6, 6.07) is 7.09. The number of rotatable bonds is 7.